The molecule has 9 aromatic rings. The maximum absolute atomic E-state index is 11.2. The number of carbonyl (C=O) groups is 3. The summed E-state index contributed by atoms with van der Waals surface area (Å²) in [7, 11) is 0. The van der Waals surface area contributed by atoms with Crippen molar-refractivity contribution in [3.63, 3.8) is 0 Å². The number of likely N-dealkylation sites (tertiary alicyclic amines) is 1. The molecule has 4 aromatic heterocycles. The van der Waals surface area contributed by atoms with Crippen LogP contribution in [0.2, 0.25) is 0 Å². The van der Waals surface area contributed by atoms with E-state index in [1.165, 1.54) is 72.6 Å². The summed E-state index contributed by atoms with van der Waals surface area (Å²) in [4.78, 5) is 53.2. The summed E-state index contributed by atoms with van der Waals surface area (Å²) in [5.74, 6) is 0.447. The second kappa shape index (κ2) is 26.6. The minimum absolute atomic E-state index is 0.544. The molecule has 0 atom stereocenters. The first-order valence-corrected chi connectivity index (χ1v) is 25.8. The van der Waals surface area contributed by atoms with Crippen LogP contribution in [0.5, 0.6) is 0 Å². The molecule has 0 saturated carbocycles. The molecular weight excluding hydrogens is 959 g/mol. The summed E-state index contributed by atoms with van der Waals surface area (Å²) in [5, 5.41) is 26.9. The van der Waals surface area contributed by atoms with Gasteiger partial charge in [0.25, 0.3) is 17.7 Å². The number of aryl methyl sites for hydroxylation is 4. The quantitative estimate of drug-likeness (QED) is 0.0260. The Morgan fingerprint density at radius 2 is 1.14 bits per heavy atom. The largest absolute Gasteiger partial charge is 0.361 e. The molecule has 5 heterocycles. The fourth-order valence-electron chi connectivity index (χ4n) is 9.61. The Morgan fingerprint density at radius 3 is 1.74 bits per heavy atom. The van der Waals surface area contributed by atoms with Gasteiger partial charge in [0.05, 0.1) is 39.4 Å². The summed E-state index contributed by atoms with van der Waals surface area (Å²) in [6.45, 7) is 10.4. The van der Waals surface area contributed by atoms with Crippen LogP contribution >= 0.6 is 0 Å². The summed E-state index contributed by atoms with van der Waals surface area (Å²) in [5.41, 5.74) is 17.1. The number of aromatic amines is 1. The third kappa shape index (κ3) is 14.0. The summed E-state index contributed by atoms with van der Waals surface area (Å²) < 4.78 is 6.63. The van der Waals surface area contributed by atoms with Crippen LogP contribution < -0.4 is 16.4 Å². The van der Waals surface area contributed by atoms with Gasteiger partial charge in [-0.15, -0.1) is 0 Å². The molecule has 0 aliphatic carbocycles. The average Bonchev–Trinajstić information content (AvgIpc) is 4.25. The highest BCUT2D eigenvalue weighted by molar-refractivity contribution is 5.93. The molecule has 0 radical (unpaired) electrons. The molecule has 0 bridgehead atoms. The molecule has 1 aliphatic heterocycles. The number of benzene rings is 5. The molecule has 76 heavy (non-hydrogen) atoms. The van der Waals surface area contributed by atoms with Crippen LogP contribution in [0.15, 0.2) is 140 Å². The number of rotatable bonds is 17. The van der Waals surface area contributed by atoms with Gasteiger partial charge in [-0.3, -0.25) is 30.0 Å². The van der Waals surface area contributed by atoms with Crippen LogP contribution in [-0.4, -0.2) is 91.5 Å². The molecular formula is C59H65N11O6. The summed E-state index contributed by atoms with van der Waals surface area (Å²) in [6, 6.07) is 36.4. The maximum Gasteiger partial charge on any atom is 0.267 e. The molecule has 1 saturated heterocycles. The Hall–Kier alpha value is -8.48. The molecule has 3 amide bonds. The van der Waals surface area contributed by atoms with Gasteiger partial charge < -0.3 is 23.6 Å². The highest BCUT2D eigenvalue weighted by Gasteiger charge is 2.14. The molecule has 1 aliphatic rings. The van der Waals surface area contributed by atoms with Gasteiger partial charge in [0.2, 0.25) is 0 Å². The molecule has 17 nitrogen and oxygen atoms in total. The average molecular weight is 1020 g/mol. The Kier molecular flexibility index (Phi) is 18.9. The number of nitrogens with one attached hydrogen (secondary N) is 4. The van der Waals surface area contributed by atoms with E-state index in [0.717, 1.165) is 113 Å². The van der Waals surface area contributed by atoms with Crippen molar-refractivity contribution in [2.75, 3.05) is 19.6 Å². The Balaban J connectivity index is 0.000000152. The van der Waals surface area contributed by atoms with Crippen molar-refractivity contribution in [3.05, 3.63) is 179 Å². The molecule has 1 fully saturated rings. The lowest BCUT2D eigenvalue weighted by Gasteiger charge is -2.26. The van der Waals surface area contributed by atoms with Crippen molar-refractivity contribution < 1.29 is 30.0 Å². The predicted molar refractivity (Wildman–Crippen MR) is 297 cm³/mol. The molecule has 0 spiro atoms. The van der Waals surface area contributed by atoms with Crippen molar-refractivity contribution in [2.45, 2.75) is 78.4 Å². The normalized spacial score (nSPS) is 12.9. The predicted octanol–water partition coefficient (Wildman–Crippen LogP) is 9.44. The van der Waals surface area contributed by atoms with E-state index < -0.39 is 17.7 Å². The number of H-pyrrole nitrogens is 1. The lowest BCUT2D eigenvalue weighted by Crippen LogP contribution is -2.32. The molecule has 17 heteroatoms. The first-order chi connectivity index (χ1) is 37.2. The monoisotopic (exact) mass is 1020 g/mol. The van der Waals surface area contributed by atoms with Crippen LogP contribution in [0.4, 0.5) is 0 Å². The number of hydroxylamine groups is 3. The number of aromatic nitrogens is 7. The fraction of sp³-hybridized carbons (Fsp3) is 0.254. The molecule has 10 rings (SSSR count). The number of para-hydroxylation sites is 1. The lowest BCUT2D eigenvalue weighted by atomic mass is 10.1. The highest BCUT2D eigenvalue weighted by Crippen LogP contribution is 2.24. The van der Waals surface area contributed by atoms with Gasteiger partial charge in [0, 0.05) is 74.3 Å². The van der Waals surface area contributed by atoms with E-state index in [9.17, 15) is 14.4 Å². The van der Waals surface area contributed by atoms with Crippen LogP contribution in [-0.2, 0) is 53.3 Å². The standard InChI is InChI=1S/C23H24N4O2.C19H19N3O2.C17H22N4O2/c1-2-27-21-12-10-16(11-13-23(28)26-29)14-20(21)25-22(27)9-5-6-17-15-24-19-8-4-3-7-18(17)19;1-2-22-17-10-8-15(9-11-19(23)21-24)12-16(17)20-18(22)13-14-6-4-3-5-7-14;22-17(19-23)7-5-14-4-6-16-15(12-14)18-13-21(16)11-10-20-8-2-1-3-9-20/h3-4,7-8,10-15,24,29H,2,5-6,9H2,1H3,(H,26,28);3-12,24H,2,13H2,1H3,(H,21,23);4-7,12-13,23H,1-3,8-11H2,(H,19,22)/b13-11+;11-9+;7-5+. The Bertz CT molecular complexity index is 3490. The third-order valence-corrected chi connectivity index (χ3v) is 13.4. The van der Waals surface area contributed by atoms with E-state index in [0.29, 0.717) is 0 Å². The number of amides is 3. The minimum Gasteiger partial charge on any atom is -0.361 e. The van der Waals surface area contributed by atoms with Gasteiger partial charge >= 0.3 is 0 Å². The van der Waals surface area contributed by atoms with E-state index in [1.54, 1.807) is 34.7 Å². The molecule has 7 N–H and O–H groups in total. The van der Waals surface area contributed by atoms with E-state index >= 15 is 0 Å². The van der Waals surface area contributed by atoms with Gasteiger partial charge in [-0.25, -0.2) is 31.4 Å². The molecule has 0 unspecified atom stereocenters. The zero-order valence-electron chi connectivity index (χ0n) is 42.9. The van der Waals surface area contributed by atoms with Gasteiger partial charge in [0.1, 0.15) is 11.6 Å². The number of hydrogen-bond donors (Lipinski definition) is 7. The number of nitrogens with zero attached hydrogens (tertiary/aromatic N) is 7. The highest BCUT2D eigenvalue weighted by atomic mass is 16.5. The topological polar surface area (TPSA) is 220 Å². The number of piperidine rings is 1. The minimum atomic E-state index is -0.557. The maximum atomic E-state index is 11.2. The van der Waals surface area contributed by atoms with E-state index in [1.807, 2.05) is 85.2 Å². The van der Waals surface area contributed by atoms with Gasteiger partial charge in [-0.05, 0) is 141 Å². The third-order valence-electron chi connectivity index (χ3n) is 13.4. The summed E-state index contributed by atoms with van der Waals surface area (Å²) in [6.07, 6.45) is 20.5. The first kappa shape index (κ1) is 53.8. The molecule has 392 valence electrons. The first-order valence-electron chi connectivity index (χ1n) is 25.8. The van der Waals surface area contributed by atoms with Crippen molar-refractivity contribution in [2.24, 2.45) is 0 Å². The smallest absolute Gasteiger partial charge is 0.267 e. The lowest BCUT2D eigenvalue weighted by molar-refractivity contribution is -0.124. The van der Waals surface area contributed by atoms with Crippen molar-refractivity contribution >= 4 is 80.0 Å². The van der Waals surface area contributed by atoms with Crippen molar-refractivity contribution in [1.29, 1.82) is 0 Å². The number of hydrogen-bond acceptors (Lipinski definition) is 10. The number of imidazole rings is 3. The summed E-state index contributed by atoms with van der Waals surface area (Å²) >= 11 is 0. The number of fused-ring (bicyclic) bond motifs is 4. The second-order valence-corrected chi connectivity index (χ2v) is 18.4. The Morgan fingerprint density at radius 1 is 0.605 bits per heavy atom. The van der Waals surface area contributed by atoms with Crippen LogP contribution in [0.25, 0.3) is 62.2 Å². The van der Waals surface area contributed by atoms with E-state index in [2.05, 4.69) is 78.9 Å². The van der Waals surface area contributed by atoms with Crippen LogP contribution in [0.3, 0.4) is 0 Å². The van der Waals surface area contributed by atoms with E-state index in [-0.39, 0.29) is 0 Å². The van der Waals surface area contributed by atoms with Crippen LogP contribution in [0, 0.1) is 0 Å². The second-order valence-electron chi connectivity index (χ2n) is 18.4. The Labute approximate surface area is 440 Å². The molecule has 5 aromatic carbocycles. The zero-order valence-corrected chi connectivity index (χ0v) is 42.9. The zero-order chi connectivity index (χ0) is 53.2. The van der Waals surface area contributed by atoms with E-state index in [4.69, 9.17) is 25.6 Å². The van der Waals surface area contributed by atoms with Gasteiger partial charge in [-0.2, -0.15) is 0 Å². The van der Waals surface area contributed by atoms with Crippen molar-refractivity contribution in [3.8, 4) is 0 Å². The van der Waals surface area contributed by atoms with Gasteiger partial charge in [0.15, 0.2) is 0 Å². The SMILES string of the molecule is CCn1c(CCCc2c[nH]c3ccccc23)nc2cc(/C=C/C(=O)NO)ccc21.CCn1c(Cc2ccccc2)nc2cc(/C=C/C(=O)NO)ccc21.O=C(/C=C/c1ccc2c(c1)ncn2CCN1CCCCC1)NO. The van der Waals surface area contributed by atoms with Crippen molar-refractivity contribution in [1.82, 2.24) is 55.0 Å². The van der Waals surface area contributed by atoms with Crippen LogP contribution in [0.1, 0.15) is 79.0 Å². The number of carbonyl (C=O) groups excluding carboxylic acids is 3. The fourth-order valence-corrected chi connectivity index (χ4v) is 9.61. The van der Waals surface area contributed by atoms with Gasteiger partial charge in [-0.1, -0.05) is 73.2 Å².